The van der Waals surface area contributed by atoms with Crippen LogP contribution in [0.1, 0.15) is 16.9 Å². The number of hydrogen-bond donors (Lipinski definition) is 1. The molecule has 8 heteroatoms. The molecule has 7 nitrogen and oxygen atoms in total. The minimum atomic E-state index is -0.898. The highest BCUT2D eigenvalue weighted by Gasteiger charge is 2.32. The van der Waals surface area contributed by atoms with Gasteiger partial charge in [0.1, 0.15) is 5.82 Å². The Morgan fingerprint density at radius 1 is 1.27 bits per heavy atom. The van der Waals surface area contributed by atoms with Crippen molar-refractivity contribution in [2.45, 2.75) is 6.42 Å². The van der Waals surface area contributed by atoms with E-state index in [1.165, 1.54) is 40.2 Å². The van der Waals surface area contributed by atoms with Gasteiger partial charge in [-0.1, -0.05) is 0 Å². The van der Waals surface area contributed by atoms with Crippen molar-refractivity contribution in [1.29, 1.82) is 0 Å². The molecular weight excluding hydrogens is 291 g/mol. The van der Waals surface area contributed by atoms with Crippen molar-refractivity contribution in [1.82, 2.24) is 19.9 Å². The Balaban J connectivity index is 1.75. The first-order valence-corrected chi connectivity index (χ1v) is 6.75. The van der Waals surface area contributed by atoms with Crippen molar-refractivity contribution >= 4 is 11.9 Å². The number of aliphatic carboxylic acids is 1. The molecule has 1 atom stereocenters. The van der Waals surface area contributed by atoms with Gasteiger partial charge in [-0.05, 0) is 30.7 Å². The standard InChI is InChI=1S/C14H13FN4O3/c15-10-1-3-11(4-2-10)19-16-7-12(17-19)13(20)18-6-5-9(8-18)14(21)22/h1-4,7,9H,5-6,8H2,(H,21,22)/t9-/m0/s1. The summed E-state index contributed by atoms with van der Waals surface area (Å²) in [5.41, 5.74) is 0.667. The van der Waals surface area contributed by atoms with Gasteiger partial charge in [0.15, 0.2) is 5.69 Å². The van der Waals surface area contributed by atoms with Gasteiger partial charge in [-0.2, -0.15) is 9.90 Å². The third kappa shape index (κ3) is 2.67. The third-order valence-electron chi connectivity index (χ3n) is 3.59. The van der Waals surface area contributed by atoms with Gasteiger partial charge < -0.3 is 10.0 Å². The van der Waals surface area contributed by atoms with E-state index in [2.05, 4.69) is 10.2 Å². The van der Waals surface area contributed by atoms with Gasteiger partial charge in [-0.15, -0.1) is 5.10 Å². The summed E-state index contributed by atoms with van der Waals surface area (Å²) in [5, 5.41) is 17.0. The van der Waals surface area contributed by atoms with E-state index < -0.39 is 11.9 Å². The zero-order chi connectivity index (χ0) is 15.7. The van der Waals surface area contributed by atoms with Crippen molar-refractivity contribution in [3.8, 4) is 5.69 Å². The second kappa shape index (κ2) is 5.55. The Kier molecular flexibility index (Phi) is 3.58. The molecule has 2 aromatic rings. The number of hydrogen-bond acceptors (Lipinski definition) is 4. The predicted molar refractivity (Wildman–Crippen MR) is 73.0 cm³/mol. The minimum absolute atomic E-state index is 0.135. The fourth-order valence-corrected chi connectivity index (χ4v) is 2.37. The SMILES string of the molecule is O=C(O)[C@H]1CCN(C(=O)c2cnn(-c3ccc(F)cc3)n2)C1. The molecule has 0 saturated carbocycles. The normalized spacial score (nSPS) is 17.7. The molecule has 0 unspecified atom stereocenters. The average molecular weight is 304 g/mol. The fourth-order valence-electron chi connectivity index (χ4n) is 2.37. The highest BCUT2D eigenvalue weighted by atomic mass is 19.1. The summed E-state index contributed by atoms with van der Waals surface area (Å²) in [6, 6.07) is 5.55. The molecule has 114 valence electrons. The lowest BCUT2D eigenvalue weighted by atomic mass is 10.1. The zero-order valence-electron chi connectivity index (χ0n) is 11.5. The predicted octanol–water partition coefficient (Wildman–Crippen LogP) is 0.953. The van der Waals surface area contributed by atoms with Crippen LogP contribution < -0.4 is 0 Å². The number of likely N-dealkylation sites (tertiary alicyclic amines) is 1. The van der Waals surface area contributed by atoms with E-state index in [0.29, 0.717) is 18.7 Å². The van der Waals surface area contributed by atoms with E-state index in [1.807, 2.05) is 0 Å². The molecule has 1 amide bonds. The maximum atomic E-state index is 12.9. The molecule has 0 radical (unpaired) electrons. The maximum absolute atomic E-state index is 12.9. The third-order valence-corrected chi connectivity index (χ3v) is 3.59. The number of benzene rings is 1. The molecule has 1 saturated heterocycles. The van der Waals surface area contributed by atoms with Crippen molar-refractivity contribution in [2.75, 3.05) is 13.1 Å². The first kappa shape index (κ1) is 14.2. The Morgan fingerprint density at radius 2 is 2.00 bits per heavy atom. The number of aromatic nitrogens is 3. The number of halogens is 1. The number of amides is 1. The Morgan fingerprint density at radius 3 is 2.64 bits per heavy atom. The average Bonchev–Trinajstić information content (AvgIpc) is 3.17. The molecule has 1 aliphatic rings. The molecule has 0 aliphatic carbocycles. The van der Waals surface area contributed by atoms with Crippen LogP contribution >= 0.6 is 0 Å². The Labute approximate surface area is 125 Å². The summed E-state index contributed by atoms with van der Waals surface area (Å²) >= 11 is 0. The molecule has 0 spiro atoms. The second-order valence-corrected chi connectivity index (χ2v) is 5.07. The lowest BCUT2D eigenvalue weighted by Crippen LogP contribution is -2.30. The van der Waals surface area contributed by atoms with Crippen molar-refractivity contribution < 1.29 is 19.1 Å². The maximum Gasteiger partial charge on any atom is 0.308 e. The van der Waals surface area contributed by atoms with Gasteiger partial charge in [0.25, 0.3) is 5.91 Å². The molecule has 1 aromatic carbocycles. The van der Waals surface area contributed by atoms with Gasteiger partial charge >= 0.3 is 5.97 Å². The van der Waals surface area contributed by atoms with E-state index in [4.69, 9.17) is 5.11 Å². The van der Waals surface area contributed by atoms with Crippen LogP contribution in [0.4, 0.5) is 4.39 Å². The first-order chi connectivity index (χ1) is 10.5. The van der Waals surface area contributed by atoms with E-state index in [0.717, 1.165) is 0 Å². The summed E-state index contributed by atoms with van der Waals surface area (Å²) in [7, 11) is 0. The topological polar surface area (TPSA) is 88.3 Å². The second-order valence-electron chi connectivity index (χ2n) is 5.07. The van der Waals surface area contributed by atoms with E-state index in [9.17, 15) is 14.0 Å². The smallest absolute Gasteiger partial charge is 0.308 e. The summed E-state index contributed by atoms with van der Waals surface area (Å²) in [6.07, 6.45) is 1.76. The van der Waals surface area contributed by atoms with E-state index >= 15 is 0 Å². The van der Waals surface area contributed by atoms with Crippen LogP contribution in [-0.2, 0) is 4.79 Å². The molecule has 1 aromatic heterocycles. The van der Waals surface area contributed by atoms with Crippen LogP contribution in [0.5, 0.6) is 0 Å². The molecule has 1 aliphatic heterocycles. The summed E-state index contributed by atoms with van der Waals surface area (Å²) in [4.78, 5) is 25.9. The molecule has 1 fully saturated rings. The lowest BCUT2D eigenvalue weighted by Gasteiger charge is -2.13. The molecule has 22 heavy (non-hydrogen) atoms. The highest BCUT2D eigenvalue weighted by molar-refractivity contribution is 5.92. The van der Waals surface area contributed by atoms with Crippen LogP contribution in [0.3, 0.4) is 0 Å². The van der Waals surface area contributed by atoms with Gasteiger partial charge in [-0.25, -0.2) is 4.39 Å². The molecule has 1 N–H and O–H groups in total. The lowest BCUT2D eigenvalue weighted by molar-refractivity contribution is -0.141. The van der Waals surface area contributed by atoms with Crippen molar-refractivity contribution in [2.24, 2.45) is 5.92 Å². The number of carboxylic acids is 1. The van der Waals surface area contributed by atoms with E-state index in [-0.39, 0.29) is 24.0 Å². The number of carbonyl (C=O) groups is 2. The monoisotopic (exact) mass is 304 g/mol. The molecule has 2 heterocycles. The van der Waals surface area contributed by atoms with E-state index in [1.54, 1.807) is 0 Å². The van der Waals surface area contributed by atoms with Crippen LogP contribution in [0, 0.1) is 11.7 Å². The fraction of sp³-hybridized carbons (Fsp3) is 0.286. The van der Waals surface area contributed by atoms with Gasteiger partial charge in [-0.3, -0.25) is 9.59 Å². The summed E-state index contributed by atoms with van der Waals surface area (Å²) < 4.78 is 12.9. The number of rotatable bonds is 3. The van der Waals surface area contributed by atoms with Crippen molar-refractivity contribution in [3.05, 3.63) is 42.0 Å². The number of carbonyl (C=O) groups excluding carboxylic acids is 1. The summed E-state index contributed by atoms with van der Waals surface area (Å²) in [5.74, 6) is -2.15. The quantitative estimate of drug-likeness (QED) is 0.912. The number of nitrogens with zero attached hydrogens (tertiary/aromatic N) is 4. The Hall–Kier alpha value is -2.77. The van der Waals surface area contributed by atoms with Gasteiger partial charge in [0, 0.05) is 13.1 Å². The minimum Gasteiger partial charge on any atom is -0.481 e. The first-order valence-electron chi connectivity index (χ1n) is 6.75. The van der Waals surface area contributed by atoms with Crippen LogP contribution in [-0.4, -0.2) is 50.0 Å². The highest BCUT2D eigenvalue weighted by Crippen LogP contribution is 2.18. The summed E-state index contributed by atoms with van der Waals surface area (Å²) in [6.45, 7) is 0.566. The molecular formula is C14H13FN4O3. The molecule has 0 bridgehead atoms. The zero-order valence-corrected chi connectivity index (χ0v) is 11.5. The largest absolute Gasteiger partial charge is 0.481 e. The van der Waals surface area contributed by atoms with Crippen LogP contribution in [0.15, 0.2) is 30.5 Å². The molecule has 3 rings (SSSR count). The van der Waals surface area contributed by atoms with Crippen molar-refractivity contribution in [3.63, 3.8) is 0 Å². The van der Waals surface area contributed by atoms with Crippen LogP contribution in [0.2, 0.25) is 0 Å². The Bertz CT molecular complexity index is 713. The van der Waals surface area contributed by atoms with Crippen LogP contribution in [0.25, 0.3) is 5.69 Å². The number of carboxylic acid groups (broad SMARTS) is 1. The van der Waals surface area contributed by atoms with Gasteiger partial charge in [0.05, 0.1) is 17.8 Å². The van der Waals surface area contributed by atoms with Gasteiger partial charge in [0.2, 0.25) is 0 Å².